The Hall–Kier alpha value is -3.18. The van der Waals surface area contributed by atoms with Crippen molar-refractivity contribution < 1.29 is 27.6 Å². The van der Waals surface area contributed by atoms with E-state index in [0.717, 1.165) is 6.07 Å². The Bertz CT molecular complexity index is 976. The third-order valence-electron chi connectivity index (χ3n) is 3.69. The molecule has 10 nitrogen and oxygen atoms in total. The van der Waals surface area contributed by atoms with E-state index in [2.05, 4.69) is 10.0 Å². The molecule has 0 aliphatic carbocycles. The number of anilines is 1. The second-order valence-electron chi connectivity index (χ2n) is 5.52. The van der Waals surface area contributed by atoms with Gasteiger partial charge < -0.3 is 14.8 Å². The summed E-state index contributed by atoms with van der Waals surface area (Å²) < 4.78 is 36.7. The number of rotatable bonds is 9. The van der Waals surface area contributed by atoms with Crippen LogP contribution in [0, 0.1) is 10.1 Å². The smallest absolute Gasteiger partial charge is 0.321 e. The summed E-state index contributed by atoms with van der Waals surface area (Å²) in [7, 11) is -1.15. The fourth-order valence-corrected chi connectivity index (χ4v) is 3.24. The molecule has 0 bridgehead atoms. The van der Waals surface area contributed by atoms with Gasteiger partial charge in [-0.05, 0) is 29.8 Å². The van der Waals surface area contributed by atoms with Crippen LogP contribution in [0.1, 0.15) is 5.56 Å². The van der Waals surface area contributed by atoms with Crippen LogP contribution in [0.15, 0.2) is 47.4 Å². The SMILES string of the molecule is CNc1ccc(S(=O)(=O)NCC(=O)OCc2cccc(OC)c2)cc1[N+](=O)[O-]. The predicted octanol–water partition coefficient (Wildman–Crippen LogP) is 1.67. The molecule has 0 fully saturated rings. The van der Waals surface area contributed by atoms with E-state index in [1.54, 1.807) is 24.3 Å². The normalized spacial score (nSPS) is 10.9. The fourth-order valence-electron chi connectivity index (χ4n) is 2.26. The second-order valence-corrected chi connectivity index (χ2v) is 7.29. The van der Waals surface area contributed by atoms with E-state index in [0.29, 0.717) is 11.3 Å². The Labute approximate surface area is 161 Å². The highest BCUT2D eigenvalue weighted by Gasteiger charge is 2.21. The van der Waals surface area contributed by atoms with Gasteiger partial charge in [0.05, 0.1) is 16.9 Å². The number of esters is 1. The van der Waals surface area contributed by atoms with E-state index in [-0.39, 0.29) is 17.2 Å². The lowest BCUT2D eigenvalue weighted by Gasteiger charge is -2.09. The lowest BCUT2D eigenvalue weighted by Crippen LogP contribution is -2.30. The first-order valence-corrected chi connectivity index (χ1v) is 9.49. The molecule has 0 atom stereocenters. The molecule has 2 N–H and O–H groups in total. The molecule has 2 aromatic rings. The first kappa shape index (κ1) is 21.1. The molecule has 0 saturated carbocycles. The zero-order valence-electron chi connectivity index (χ0n) is 15.2. The van der Waals surface area contributed by atoms with Crippen molar-refractivity contribution in [3.8, 4) is 5.75 Å². The van der Waals surface area contributed by atoms with Crippen molar-refractivity contribution in [2.45, 2.75) is 11.5 Å². The van der Waals surface area contributed by atoms with Gasteiger partial charge in [0.25, 0.3) is 5.69 Å². The second kappa shape index (κ2) is 9.15. The fraction of sp³-hybridized carbons (Fsp3) is 0.235. The molecule has 28 heavy (non-hydrogen) atoms. The van der Waals surface area contributed by atoms with Gasteiger partial charge in [-0.2, -0.15) is 4.72 Å². The van der Waals surface area contributed by atoms with Crippen LogP contribution in [-0.4, -0.2) is 40.0 Å². The van der Waals surface area contributed by atoms with Crippen molar-refractivity contribution in [1.82, 2.24) is 4.72 Å². The van der Waals surface area contributed by atoms with Crippen LogP contribution in [0.2, 0.25) is 0 Å². The molecular formula is C17H19N3O7S. The number of carbonyl (C=O) groups excluding carboxylic acids is 1. The first-order valence-electron chi connectivity index (χ1n) is 8.01. The maximum atomic E-state index is 12.3. The van der Waals surface area contributed by atoms with E-state index in [4.69, 9.17) is 9.47 Å². The number of nitrogens with zero attached hydrogens (tertiary/aromatic N) is 1. The molecule has 0 aliphatic heterocycles. The number of ether oxygens (including phenoxy) is 2. The summed E-state index contributed by atoms with van der Waals surface area (Å²) >= 11 is 0. The molecule has 0 aliphatic rings. The summed E-state index contributed by atoms with van der Waals surface area (Å²) in [4.78, 5) is 21.8. The van der Waals surface area contributed by atoms with Gasteiger partial charge in [0.1, 0.15) is 24.6 Å². The van der Waals surface area contributed by atoms with Gasteiger partial charge in [-0.3, -0.25) is 14.9 Å². The molecule has 150 valence electrons. The summed E-state index contributed by atoms with van der Waals surface area (Å²) in [6.07, 6.45) is 0. The number of carbonyl (C=O) groups is 1. The van der Waals surface area contributed by atoms with E-state index < -0.39 is 33.1 Å². The molecule has 11 heteroatoms. The maximum Gasteiger partial charge on any atom is 0.321 e. The van der Waals surface area contributed by atoms with Crippen molar-refractivity contribution in [2.24, 2.45) is 0 Å². The van der Waals surface area contributed by atoms with Gasteiger partial charge in [0.15, 0.2) is 0 Å². The number of methoxy groups -OCH3 is 1. The minimum atomic E-state index is -4.13. The largest absolute Gasteiger partial charge is 0.497 e. The van der Waals surface area contributed by atoms with Gasteiger partial charge in [-0.25, -0.2) is 8.42 Å². The Morgan fingerprint density at radius 1 is 1.21 bits per heavy atom. The zero-order chi connectivity index (χ0) is 20.7. The molecule has 0 radical (unpaired) electrons. The van der Waals surface area contributed by atoms with Crippen LogP contribution >= 0.6 is 0 Å². The number of hydrogen-bond acceptors (Lipinski definition) is 8. The summed E-state index contributed by atoms with van der Waals surface area (Å²) in [5.74, 6) is -0.200. The van der Waals surface area contributed by atoms with Crippen LogP contribution in [-0.2, 0) is 26.2 Å². The van der Waals surface area contributed by atoms with Gasteiger partial charge in [-0.15, -0.1) is 0 Å². The summed E-state index contributed by atoms with van der Waals surface area (Å²) in [6.45, 7) is -0.673. The number of nitro groups is 1. The van der Waals surface area contributed by atoms with Crippen molar-refractivity contribution in [3.05, 3.63) is 58.1 Å². The van der Waals surface area contributed by atoms with Gasteiger partial charge in [0, 0.05) is 13.1 Å². The molecule has 2 rings (SSSR count). The molecule has 0 amide bonds. The number of nitrogens with one attached hydrogen (secondary N) is 2. The molecule has 0 saturated heterocycles. The highest BCUT2D eigenvalue weighted by molar-refractivity contribution is 7.89. The van der Waals surface area contributed by atoms with E-state index >= 15 is 0 Å². The lowest BCUT2D eigenvalue weighted by molar-refractivity contribution is -0.384. The van der Waals surface area contributed by atoms with Crippen LogP contribution < -0.4 is 14.8 Å². The monoisotopic (exact) mass is 409 g/mol. The van der Waals surface area contributed by atoms with Crippen LogP contribution in [0.5, 0.6) is 5.75 Å². The van der Waals surface area contributed by atoms with Crippen molar-refractivity contribution >= 4 is 27.4 Å². The average molecular weight is 409 g/mol. The Morgan fingerprint density at radius 2 is 1.96 bits per heavy atom. The Balaban J connectivity index is 1.99. The van der Waals surface area contributed by atoms with E-state index in [1.165, 1.54) is 26.3 Å². The highest BCUT2D eigenvalue weighted by Crippen LogP contribution is 2.26. The molecular weight excluding hydrogens is 390 g/mol. The molecule has 0 heterocycles. The quantitative estimate of drug-likeness (QED) is 0.362. The molecule has 0 spiro atoms. The summed E-state index contributed by atoms with van der Waals surface area (Å²) in [5.41, 5.74) is 0.446. The minimum Gasteiger partial charge on any atom is -0.497 e. The third kappa shape index (κ3) is 5.41. The molecule has 0 unspecified atom stereocenters. The first-order chi connectivity index (χ1) is 13.3. The Kier molecular flexibility index (Phi) is 6.90. The zero-order valence-corrected chi connectivity index (χ0v) is 16.0. The maximum absolute atomic E-state index is 12.3. The molecule has 2 aromatic carbocycles. The van der Waals surface area contributed by atoms with Gasteiger partial charge >= 0.3 is 5.97 Å². The topological polar surface area (TPSA) is 137 Å². The van der Waals surface area contributed by atoms with Crippen LogP contribution in [0.25, 0.3) is 0 Å². The van der Waals surface area contributed by atoms with E-state index in [9.17, 15) is 23.3 Å². The number of benzene rings is 2. The standard InChI is InChI=1S/C17H19N3O7S/c1-18-15-7-6-14(9-16(15)20(22)23)28(24,25)19-10-17(21)27-11-12-4-3-5-13(8-12)26-2/h3-9,18-19H,10-11H2,1-2H3. The minimum absolute atomic E-state index is 0.0555. The predicted molar refractivity (Wildman–Crippen MR) is 101 cm³/mol. The third-order valence-corrected chi connectivity index (χ3v) is 5.08. The number of nitro benzene ring substituents is 1. The van der Waals surface area contributed by atoms with Gasteiger partial charge in [0.2, 0.25) is 10.0 Å². The Morgan fingerprint density at radius 3 is 2.61 bits per heavy atom. The number of hydrogen-bond donors (Lipinski definition) is 2. The summed E-state index contributed by atoms with van der Waals surface area (Å²) in [5, 5.41) is 13.7. The van der Waals surface area contributed by atoms with Crippen LogP contribution in [0.4, 0.5) is 11.4 Å². The van der Waals surface area contributed by atoms with Crippen molar-refractivity contribution in [3.63, 3.8) is 0 Å². The summed E-state index contributed by atoms with van der Waals surface area (Å²) in [6, 6.07) is 10.2. The van der Waals surface area contributed by atoms with Crippen molar-refractivity contribution in [1.29, 1.82) is 0 Å². The average Bonchev–Trinajstić information content (AvgIpc) is 2.70. The molecule has 0 aromatic heterocycles. The lowest BCUT2D eigenvalue weighted by atomic mass is 10.2. The highest BCUT2D eigenvalue weighted by atomic mass is 32.2. The van der Waals surface area contributed by atoms with Crippen LogP contribution in [0.3, 0.4) is 0 Å². The van der Waals surface area contributed by atoms with Gasteiger partial charge in [-0.1, -0.05) is 12.1 Å². The number of sulfonamides is 1. The van der Waals surface area contributed by atoms with Crippen molar-refractivity contribution in [2.75, 3.05) is 26.0 Å². The van der Waals surface area contributed by atoms with E-state index in [1.807, 2.05) is 0 Å².